The van der Waals surface area contributed by atoms with E-state index in [4.69, 9.17) is 4.74 Å². The van der Waals surface area contributed by atoms with E-state index in [1.165, 1.54) is 6.42 Å². The first-order valence-corrected chi connectivity index (χ1v) is 10.9. The van der Waals surface area contributed by atoms with Crippen LogP contribution in [0.25, 0.3) is 0 Å². The third kappa shape index (κ3) is 6.06. The maximum atomic E-state index is 12.5. The highest BCUT2D eigenvalue weighted by Gasteiger charge is 2.26. The minimum atomic E-state index is -0.451. The van der Waals surface area contributed by atoms with Crippen molar-refractivity contribution in [2.24, 2.45) is 0 Å². The Balaban J connectivity index is 1.53. The van der Waals surface area contributed by atoms with Gasteiger partial charge in [-0.1, -0.05) is 31.0 Å². The van der Waals surface area contributed by atoms with Crippen molar-refractivity contribution in [2.75, 3.05) is 20.2 Å². The predicted molar refractivity (Wildman–Crippen MR) is 113 cm³/mol. The maximum Gasteiger partial charge on any atom is 0.234 e. The number of aliphatic hydroxyl groups excluding tert-OH is 1. The van der Waals surface area contributed by atoms with E-state index in [2.05, 4.69) is 10.2 Å². The zero-order valence-corrected chi connectivity index (χ0v) is 17.3. The number of thiophene rings is 1. The van der Waals surface area contributed by atoms with Crippen molar-refractivity contribution in [3.05, 3.63) is 52.2 Å². The largest absolute Gasteiger partial charge is 0.497 e. The Morgan fingerprint density at radius 2 is 2.11 bits per heavy atom. The first-order valence-electron chi connectivity index (χ1n) is 10.0. The fourth-order valence-electron chi connectivity index (χ4n) is 3.75. The molecule has 0 aliphatic carbocycles. The summed E-state index contributed by atoms with van der Waals surface area (Å²) in [4.78, 5) is 15.8. The molecule has 1 aliphatic rings. The highest BCUT2D eigenvalue weighted by Crippen LogP contribution is 2.28. The summed E-state index contributed by atoms with van der Waals surface area (Å²) in [5.74, 6) is 0.847. The quantitative estimate of drug-likeness (QED) is 0.706. The highest BCUT2D eigenvalue weighted by atomic mass is 32.1. The van der Waals surface area contributed by atoms with Crippen LogP contribution in [0.15, 0.2) is 41.8 Å². The van der Waals surface area contributed by atoms with Gasteiger partial charge in [-0.25, -0.2) is 0 Å². The molecule has 2 heterocycles. The van der Waals surface area contributed by atoms with E-state index in [9.17, 15) is 9.90 Å². The molecule has 1 aliphatic heterocycles. The minimum Gasteiger partial charge on any atom is -0.497 e. The van der Waals surface area contributed by atoms with Crippen molar-refractivity contribution in [1.82, 2.24) is 10.2 Å². The van der Waals surface area contributed by atoms with Gasteiger partial charge in [0, 0.05) is 17.5 Å². The molecule has 2 N–H and O–H groups in total. The molecule has 0 saturated carbocycles. The molecule has 2 aromatic rings. The Bertz CT molecular complexity index is 718. The van der Waals surface area contributed by atoms with E-state index in [-0.39, 0.29) is 11.9 Å². The number of hydrogen-bond donors (Lipinski definition) is 2. The summed E-state index contributed by atoms with van der Waals surface area (Å²) in [6.45, 7) is 1.81. The number of benzene rings is 1. The fraction of sp³-hybridized carbons (Fsp3) is 0.500. The molecule has 1 aromatic heterocycles. The maximum absolute atomic E-state index is 12.5. The zero-order chi connectivity index (χ0) is 19.8. The standard InChI is InChI=1S/C22H30N2O3S/c1-27-19-10-8-17(9-11-19)15-23-22(26)16-24-12-4-2-3-6-18(24)14-20(25)21-7-5-13-28-21/h5,7-11,13,18,20,25H,2-4,6,12,14-16H2,1H3,(H,23,26)/t18-,20-/m1/s1. The molecular weight excluding hydrogens is 372 g/mol. The number of ether oxygens (including phenoxy) is 1. The summed E-state index contributed by atoms with van der Waals surface area (Å²) in [5, 5.41) is 15.6. The predicted octanol–water partition coefficient (Wildman–Crippen LogP) is 3.74. The average Bonchev–Trinajstić information content (AvgIpc) is 3.17. The Labute approximate surface area is 171 Å². The summed E-state index contributed by atoms with van der Waals surface area (Å²) < 4.78 is 5.16. The second kappa shape index (κ2) is 10.6. The number of rotatable bonds is 8. The second-order valence-electron chi connectivity index (χ2n) is 7.37. The van der Waals surface area contributed by atoms with Gasteiger partial charge in [-0.15, -0.1) is 11.3 Å². The van der Waals surface area contributed by atoms with Crippen LogP contribution in [-0.2, 0) is 11.3 Å². The number of carbonyl (C=O) groups is 1. The van der Waals surface area contributed by atoms with E-state index in [1.807, 2.05) is 41.8 Å². The smallest absolute Gasteiger partial charge is 0.234 e. The Hall–Kier alpha value is -1.89. The van der Waals surface area contributed by atoms with Crippen LogP contribution in [0.3, 0.4) is 0 Å². The monoisotopic (exact) mass is 402 g/mol. The second-order valence-corrected chi connectivity index (χ2v) is 8.34. The van der Waals surface area contributed by atoms with Gasteiger partial charge in [0.2, 0.25) is 5.91 Å². The van der Waals surface area contributed by atoms with Crippen molar-refractivity contribution in [2.45, 2.75) is 50.8 Å². The molecule has 1 saturated heterocycles. The summed E-state index contributed by atoms with van der Waals surface area (Å²) in [6, 6.07) is 11.9. The summed E-state index contributed by atoms with van der Waals surface area (Å²) >= 11 is 1.59. The number of nitrogens with zero attached hydrogens (tertiary/aromatic N) is 1. The molecule has 1 amide bonds. The molecule has 152 valence electrons. The van der Waals surface area contributed by atoms with Gasteiger partial charge in [-0.3, -0.25) is 9.69 Å². The van der Waals surface area contributed by atoms with Crippen LogP contribution in [0, 0.1) is 0 Å². The Kier molecular flexibility index (Phi) is 7.89. The minimum absolute atomic E-state index is 0.0355. The number of carbonyl (C=O) groups excluding carboxylic acids is 1. The lowest BCUT2D eigenvalue weighted by Gasteiger charge is -2.30. The molecule has 1 aromatic carbocycles. The third-order valence-corrected chi connectivity index (χ3v) is 6.33. The van der Waals surface area contributed by atoms with E-state index < -0.39 is 6.10 Å². The topological polar surface area (TPSA) is 61.8 Å². The number of aliphatic hydroxyl groups is 1. The van der Waals surface area contributed by atoms with Crippen LogP contribution < -0.4 is 10.1 Å². The lowest BCUT2D eigenvalue weighted by Crippen LogP contribution is -2.43. The van der Waals surface area contributed by atoms with Gasteiger partial charge in [0.25, 0.3) is 0 Å². The Morgan fingerprint density at radius 1 is 1.29 bits per heavy atom. The molecule has 0 unspecified atom stereocenters. The molecule has 3 rings (SSSR count). The van der Waals surface area contributed by atoms with Crippen LogP contribution in [0.5, 0.6) is 5.75 Å². The number of nitrogens with one attached hydrogen (secondary N) is 1. The third-order valence-electron chi connectivity index (χ3n) is 5.36. The van der Waals surface area contributed by atoms with Crippen molar-refractivity contribution < 1.29 is 14.6 Å². The number of hydrogen-bond acceptors (Lipinski definition) is 5. The first kappa shape index (κ1) is 20.8. The molecule has 28 heavy (non-hydrogen) atoms. The number of likely N-dealkylation sites (tertiary alicyclic amines) is 1. The van der Waals surface area contributed by atoms with Crippen molar-refractivity contribution >= 4 is 17.2 Å². The van der Waals surface area contributed by atoms with Crippen LogP contribution in [0.1, 0.15) is 48.6 Å². The van der Waals surface area contributed by atoms with Gasteiger partial charge in [-0.2, -0.15) is 0 Å². The van der Waals surface area contributed by atoms with Crippen molar-refractivity contribution in [1.29, 1.82) is 0 Å². The molecule has 5 nitrogen and oxygen atoms in total. The lowest BCUT2D eigenvalue weighted by molar-refractivity contribution is -0.123. The summed E-state index contributed by atoms with van der Waals surface area (Å²) in [5.41, 5.74) is 1.05. The first-order chi connectivity index (χ1) is 13.7. The van der Waals surface area contributed by atoms with Crippen molar-refractivity contribution in [3.8, 4) is 5.75 Å². The average molecular weight is 403 g/mol. The van der Waals surface area contributed by atoms with E-state index >= 15 is 0 Å². The van der Waals surface area contributed by atoms with Crippen LogP contribution >= 0.6 is 11.3 Å². The SMILES string of the molecule is COc1ccc(CNC(=O)CN2CCCCC[C@@H]2C[C@@H](O)c2cccs2)cc1. The normalized spacial score (nSPS) is 19.0. The number of methoxy groups -OCH3 is 1. The zero-order valence-electron chi connectivity index (χ0n) is 16.5. The Morgan fingerprint density at radius 3 is 2.82 bits per heavy atom. The van der Waals surface area contributed by atoms with E-state index in [1.54, 1.807) is 18.4 Å². The molecule has 2 atom stereocenters. The van der Waals surface area contributed by atoms with Crippen LogP contribution in [0.4, 0.5) is 0 Å². The molecule has 0 bridgehead atoms. The van der Waals surface area contributed by atoms with E-state index in [0.29, 0.717) is 19.5 Å². The van der Waals surface area contributed by atoms with Gasteiger partial charge in [0.15, 0.2) is 0 Å². The van der Waals surface area contributed by atoms with Crippen LogP contribution in [0.2, 0.25) is 0 Å². The number of amides is 1. The van der Waals surface area contributed by atoms with Gasteiger partial charge in [0.1, 0.15) is 5.75 Å². The molecule has 0 radical (unpaired) electrons. The molecular formula is C22H30N2O3S. The molecule has 1 fully saturated rings. The van der Waals surface area contributed by atoms with E-state index in [0.717, 1.165) is 42.0 Å². The highest BCUT2D eigenvalue weighted by molar-refractivity contribution is 7.10. The lowest BCUT2D eigenvalue weighted by atomic mass is 10.0. The molecule has 6 heteroatoms. The van der Waals surface area contributed by atoms with Gasteiger partial charge in [0.05, 0.1) is 19.8 Å². The summed E-state index contributed by atoms with van der Waals surface area (Å²) in [6.07, 6.45) is 4.73. The van der Waals surface area contributed by atoms with Gasteiger partial charge >= 0.3 is 0 Å². The van der Waals surface area contributed by atoms with Gasteiger partial charge in [-0.05, 0) is 54.9 Å². The summed E-state index contributed by atoms with van der Waals surface area (Å²) in [7, 11) is 1.64. The van der Waals surface area contributed by atoms with Crippen molar-refractivity contribution in [3.63, 3.8) is 0 Å². The van der Waals surface area contributed by atoms with Gasteiger partial charge < -0.3 is 15.2 Å². The fourth-order valence-corrected chi connectivity index (χ4v) is 4.48. The molecule has 0 spiro atoms. The van der Waals surface area contributed by atoms with Crippen LogP contribution in [-0.4, -0.2) is 42.2 Å².